The number of carbonyl (C=O) groups excluding carboxylic acids is 3. The number of esters is 3. The molecule has 0 aliphatic rings. The van der Waals surface area contributed by atoms with Gasteiger partial charge in [-0.3, -0.25) is 14.4 Å². The van der Waals surface area contributed by atoms with E-state index in [0.29, 0.717) is 19.3 Å². The molecule has 0 aromatic heterocycles. The molecule has 0 N–H and O–H groups in total. The molecule has 6 nitrogen and oxygen atoms in total. The van der Waals surface area contributed by atoms with Crippen molar-refractivity contribution in [1.29, 1.82) is 0 Å². The van der Waals surface area contributed by atoms with E-state index in [4.69, 9.17) is 14.2 Å². The molecule has 0 fully saturated rings. The third kappa shape index (κ3) is 62.6. The molecule has 0 radical (unpaired) electrons. The first-order valence-electron chi connectivity index (χ1n) is 33.8. The second-order valence-corrected chi connectivity index (χ2v) is 23.1. The van der Waals surface area contributed by atoms with Gasteiger partial charge in [0.15, 0.2) is 6.10 Å². The van der Waals surface area contributed by atoms with Crippen LogP contribution in [0.4, 0.5) is 0 Å². The second kappa shape index (κ2) is 64.4. The van der Waals surface area contributed by atoms with Crippen molar-refractivity contribution >= 4 is 17.9 Å². The molecular formula is C69H130O6. The summed E-state index contributed by atoms with van der Waals surface area (Å²) in [6, 6.07) is 0. The highest BCUT2D eigenvalue weighted by Crippen LogP contribution is 2.18. The minimum atomic E-state index is -0.765. The van der Waals surface area contributed by atoms with Crippen molar-refractivity contribution in [2.24, 2.45) is 0 Å². The van der Waals surface area contributed by atoms with Gasteiger partial charge in [0.25, 0.3) is 0 Å². The zero-order valence-electron chi connectivity index (χ0n) is 50.8. The van der Waals surface area contributed by atoms with Gasteiger partial charge in [-0.15, -0.1) is 0 Å². The van der Waals surface area contributed by atoms with Crippen molar-refractivity contribution in [1.82, 2.24) is 0 Å². The van der Waals surface area contributed by atoms with Gasteiger partial charge in [0, 0.05) is 19.3 Å². The van der Waals surface area contributed by atoms with Crippen LogP contribution in [-0.2, 0) is 28.6 Å². The first-order valence-corrected chi connectivity index (χ1v) is 33.8. The summed E-state index contributed by atoms with van der Waals surface area (Å²) in [5, 5.41) is 0. The van der Waals surface area contributed by atoms with Gasteiger partial charge < -0.3 is 14.2 Å². The van der Waals surface area contributed by atoms with Gasteiger partial charge in [0.05, 0.1) is 0 Å². The Bertz CT molecular complexity index is 1210. The lowest BCUT2D eigenvalue weighted by atomic mass is 10.0. The van der Waals surface area contributed by atoms with Crippen LogP contribution in [0.15, 0.2) is 24.3 Å². The number of hydrogen-bond acceptors (Lipinski definition) is 6. The summed E-state index contributed by atoms with van der Waals surface area (Å²) in [6.45, 7) is 6.69. The Hall–Kier alpha value is -2.11. The Morgan fingerprint density at radius 3 is 0.733 bits per heavy atom. The number of allylic oxidation sites excluding steroid dienone is 4. The van der Waals surface area contributed by atoms with Gasteiger partial charge in [0.1, 0.15) is 13.2 Å². The van der Waals surface area contributed by atoms with Gasteiger partial charge in [-0.25, -0.2) is 0 Å². The summed E-state index contributed by atoms with van der Waals surface area (Å²) in [4.78, 5) is 38.2. The van der Waals surface area contributed by atoms with Crippen molar-refractivity contribution in [3.05, 3.63) is 24.3 Å². The average molecular weight is 1060 g/mol. The number of rotatable bonds is 63. The first kappa shape index (κ1) is 72.9. The lowest BCUT2D eigenvalue weighted by Gasteiger charge is -2.18. The van der Waals surface area contributed by atoms with Gasteiger partial charge in [0.2, 0.25) is 0 Å². The molecule has 1 unspecified atom stereocenters. The quantitative estimate of drug-likeness (QED) is 0.0261. The van der Waals surface area contributed by atoms with Gasteiger partial charge in [-0.1, -0.05) is 334 Å². The molecule has 0 aromatic carbocycles. The fourth-order valence-corrected chi connectivity index (χ4v) is 10.4. The van der Waals surface area contributed by atoms with E-state index in [0.717, 1.165) is 64.2 Å². The maximum atomic E-state index is 12.9. The van der Waals surface area contributed by atoms with E-state index in [1.807, 2.05) is 0 Å². The number of carbonyl (C=O) groups is 3. The molecule has 0 heterocycles. The molecule has 442 valence electrons. The molecule has 0 aliphatic carbocycles. The summed E-state index contributed by atoms with van der Waals surface area (Å²) in [5.41, 5.74) is 0. The normalized spacial score (nSPS) is 12.1. The fraction of sp³-hybridized carbons (Fsp3) is 0.899. The molecule has 0 aromatic rings. The third-order valence-electron chi connectivity index (χ3n) is 15.5. The van der Waals surface area contributed by atoms with Crippen LogP contribution in [0.5, 0.6) is 0 Å². The zero-order chi connectivity index (χ0) is 54.3. The smallest absolute Gasteiger partial charge is 0.306 e. The molecule has 0 bridgehead atoms. The molecule has 0 saturated carbocycles. The molecule has 6 heteroatoms. The van der Waals surface area contributed by atoms with Crippen molar-refractivity contribution in [2.75, 3.05) is 13.2 Å². The molecule has 0 rings (SSSR count). The molecule has 0 aliphatic heterocycles. The molecule has 0 saturated heterocycles. The van der Waals surface area contributed by atoms with Crippen molar-refractivity contribution in [2.45, 2.75) is 386 Å². The summed E-state index contributed by atoms with van der Waals surface area (Å²) in [6.07, 6.45) is 77.8. The Labute approximate surface area is 468 Å². The number of ether oxygens (including phenoxy) is 3. The van der Waals surface area contributed by atoms with E-state index in [-0.39, 0.29) is 31.1 Å². The monoisotopic (exact) mass is 1050 g/mol. The SMILES string of the molecule is CCCCCCC/C=C\C/C=C\CCCCCCCCCCCCCCCCCCCC(=O)OCC(COC(=O)CCCCCCCCCCCC)OC(=O)CCCCCCCCCCCCCCCCCCCC. The average Bonchev–Trinajstić information content (AvgIpc) is 3.41. The molecule has 75 heavy (non-hydrogen) atoms. The molecule has 1 atom stereocenters. The maximum Gasteiger partial charge on any atom is 0.306 e. The lowest BCUT2D eigenvalue weighted by molar-refractivity contribution is -0.167. The van der Waals surface area contributed by atoms with Gasteiger partial charge in [-0.2, -0.15) is 0 Å². The largest absolute Gasteiger partial charge is 0.462 e. The Kier molecular flexibility index (Phi) is 62.6. The standard InChI is InChI=1S/C69H130O6/c1-4-7-10-13-16-19-22-24-26-28-30-31-32-33-34-35-36-37-38-39-40-42-43-45-47-50-53-56-59-62-68(71)74-65-66(64-73-67(70)61-58-55-52-49-21-18-15-12-9-6-3)75-69(72)63-60-57-54-51-48-46-44-41-29-27-25-23-20-17-14-11-8-5-2/h22,24,28,30,66H,4-21,23,25-27,29,31-65H2,1-3H3/b24-22-,30-28-. The number of hydrogen-bond donors (Lipinski definition) is 0. The van der Waals surface area contributed by atoms with Gasteiger partial charge >= 0.3 is 17.9 Å². The van der Waals surface area contributed by atoms with Crippen molar-refractivity contribution in [3.63, 3.8) is 0 Å². The van der Waals surface area contributed by atoms with Gasteiger partial charge in [-0.05, 0) is 51.4 Å². The third-order valence-corrected chi connectivity index (χ3v) is 15.5. The molecule has 0 amide bonds. The van der Waals surface area contributed by atoms with Crippen molar-refractivity contribution < 1.29 is 28.6 Å². The minimum Gasteiger partial charge on any atom is -0.462 e. The Balaban J connectivity index is 4.10. The highest BCUT2D eigenvalue weighted by Gasteiger charge is 2.19. The second-order valence-electron chi connectivity index (χ2n) is 23.1. The van der Waals surface area contributed by atoms with E-state index in [2.05, 4.69) is 45.1 Å². The van der Waals surface area contributed by atoms with E-state index < -0.39 is 6.10 Å². The van der Waals surface area contributed by atoms with E-state index in [1.165, 1.54) is 276 Å². The van der Waals surface area contributed by atoms with Crippen LogP contribution in [-0.4, -0.2) is 37.2 Å². The number of unbranched alkanes of at least 4 members (excludes halogenated alkanes) is 48. The van der Waals surface area contributed by atoms with Crippen LogP contribution < -0.4 is 0 Å². The van der Waals surface area contributed by atoms with Crippen LogP contribution in [0, 0.1) is 0 Å². The van der Waals surface area contributed by atoms with E-state index in [9.17, 15) is 14.4 Å². The van der Waals surface area contributed by atoms with Crippen LogP contribution in [0.25, 0.3) is 0 Å². The zero-order valence-corrected chi connectivity index (χ0v) is 50.8. The van der Waals surface area contributed by atoms with Crippen LogP contribution in [0.1, 0.15) is 380 Å². The summed E-state index contributed by atoms with van der Waals surface area (Å²) >= 11 is 0. The molecular weight excluding hydrogens is 925 g/mol. The van der Waals surface area contributed by atoms with Crippen LogP contribution in [0.3, 0.4) is 0 Å². The molecule has 0 spiro atoms. The first-order chi connectivity index (χ1) is 37.0. The minimum absolute atomic E-state index is 0.0639. The van der Waals surface area contributed by atoms with E-state index in [1.54, 1.807) is 0 Å². The lowest BCUT2D eigenvalue weighted by Crippen LogP contribution is -2.30. The van der Waals surface area contributed by atoms with Crippen LogP contribution >= 0.6 is 0 Å². The highest BCUT2D eigenvalue weighted by molar-refractivity contribution is 5.71. The Morgan fingerprint density at radius 1 is 0.267 bits per heavy atom. The van der Waals surface area contributed by atoms with Crippen LogP contribution in [0.2, 0.25) is 0 Å². The predicted octanol–water partition coefficient (Wildman–Crippen LogP) is 23.0. The summed E-state index contributed by atoms with van der Waals surface area (Å²) < 4.78 is 16.9. The van der Waals surface area contributed by atoms with Crippen molar-refractivity contribution in [3.8, 4) is 0 Å². The maximum absolute atomic E-state index is 12.9. The topological polar surface area (TPSA) is 78.9 Å². The fourth-order valence-electron chi connectivity index (χ4n) is 10.4. The summed E-state index contributed by atoms with van der Waals surface area (Å²) in [5.74, 6) is -0.836. The van der Waals surface area contributed by atoms with E-state index >= 15 is 0 Å². The Morgan fingerprint density at radius 2 is 0.480 bits per heavy atom. The summed E-state index contributed by atoms with van der Waals surface area (Å²) in [7, 11) is 0. The highest BCUT2D eigenvalue weighted by atomic mass is 16.6. The predicted molar refractivity (Wildman–Crippen MR) is 326 cm³/mol.